The lowest BCUT2D eigenvalue weighted by Crippen LogP contribution is -2.47. The van der Waals surface area contributed by atoms with Crippen LogP contribution in [0.5, 0.6) is 11.5 Å². The van der Waals surface area contributed by atoms with Crippen molar-refractivity contribution in [2.45, 2.75) is 70.8 Å². The highest BCUT2D eigenvalue weighted by Gasteiger charge is 2.36. The summed E-state index contributed by atoms with van der Waals surface area (Å²) in [6.45, 7) is 11.4. The number of nitrogen functional groups attached to an aromatic ring is 1. The molecule has 5 aromatic rings. The normalized spacial score (nSPS) is 16.7. The van der Waals surface area contributed by atoms with E-state index in [1.807, 2.05) is 20.9 Å². The van der Waals surface area contributed by atoms with Crippen LogP contribution in [0.25, 0.3) is 21.6 Å². The van der Waals surface area contributed by atoms with Gasteiger partial charge < -0.3 is 45.4 Å². The van der Waals surface area contributed by atoms with Gasteiger partial charge in [-0.2, -0.15) is 0 Å². The highest BCUT2D eigenvalue weighted by atomic mass is 32.1. The number of anilines is 2. The third-order valence-corrected chi connectivity index (χ3v) is 13.4. The number of aromatic hydroxyl groups is 2. The van der Waals surface area contributed by atoms with Crippen LogP contribution in [0.4, 0.5) is 11.8 Å². The molecule has 3 aromatic heterocycles. The summed E-state index contributed by atoms with van der Waals surface area (Å²) in [5, 5.41) is 32.3. The van der Waals surface area contributed by atoms with E-state index in [-0.39, 0.29) is 47.2 Å². The van der Waals surface area contributed by atoms with E-state index in [4.69, 9.17) is 20.4 Å². The quantitative estimate of drug-likeness (QED) is 0.129. The molecule has 2 fully saturated rings. The van der Waals surface area contributed by atoms with Gasteiger partial charge in [0.1, 0.15) is 11.5 Å². The van der Waals surface area contributed by atoms with Crippen molar-refractivity contribution in [1.82, 2.24) is 39.5 Å². The number of benzene rings is 2. The van der Waals surface area contributed by atoms with Gasteiger partial charge in [-0.15, -0.1) is 11.3 Å². The molecular formula is C45H56N10O6S. The number of rotatable bonds is 13. The Labute approximate surface area is 365 Å². The number of likely N-dealkylation sites (tertiary alicyclic amines) is 1. The summed E-state index contributed by atoms with van der Waals surface area (Å²) in [7, 11) is 3.82. The van der Waals surface area contributed by atoms with Crippen LogP contribution in [0.15, 0.2) is 48.8 Å². The zero-order valence-electron chi connectivity index (χ0n) is 35.9. The number of ether oxygens (including phenoxy) is 1. The fourth-order valence-corrected chi connectivity index (χ4v) is 9.63. The summed E-state index contributed by atoms with van der Waals surface area (Å²) in [6, 6.07) is 11.2. The van der Waals surface area contributed by atoms with Gasteiger partial charge >= 0.3 is 0 Å². The molecule has 2 saturated heterocycles. The first-order chi connectivity index (χ1) is 29.7. The van der Waals surface area contributed by atoms with E-state index in [1.165, 1.54) is 6.07 Å². The smallest absolute Gasteiger partial charge is 0.258 e. The summed E-state index contributed by atoms with van der Waals surface area (Å²) < 4.78 is 6.64. The van der Waals surface area contributed by atoms with Gasteiger partial charge in [0.15, 0.2) is 11.6 Å². The Hall–Kier alpha value is -5.46. The number of piperidine rings is 1. The van der Waals surface area contributed by atoms with Crippen molar-refractivity contribution in [2.24, 2.45) is 0 Å². The number of nitrogens with zero attached hydrogens (tertiary/aromatic N) is 9. The van der Waals surface area contributed by atoms with Crippen LogP contribution >= 0.6 is 11.3 Å². The van der Waals surface area contributed by atoms with Gasteiger partial charge in [-0.05, 0) is 60.2 Å². The molecule has 5 N–H and O–H groups in total. The lowest BCUT2D eigenvalue weighted by Gasteiger charge is -2.38. The Balaban J connectivity index is 0.812. The summed E-state index contributed by atoms with van der Waals surface area (Å²) in [5.74, 6) is 1.03. The molecule has 8 rings (SSSR count). The van der Waals surface area contributed by atoms with Crippen LogP contribution in [0.3, 0.4) is 0 Å². The number of fused-ring (bicyclic) bond motifs is 2. The molecule has 0 saturated carbocycles. The van der Waals surface area contributed by atoms with Gasteiger partial charge in [0, 0.05) is 95.8 Å². The monoisotopic (exact) mass is 864 g/mol. The van der Waals surface area contributed by atoms with Crippen LogP contribution < -0.4 is 10.6 Å². The number of morpholine rings is 1. The van der Waals surface area contributed by atoms with Gasteiger partial charge in [-0.3, -0.25) is 14.5 Å². The van der Waals surface area contributed by atoms with Crippen LogP contribution in [0, 0.1) is 0 Å². The standard InChI is InChI=1S/C45H56N10O6S/c1-28(2)34-19-35(38(57)20-37(34)56)43(59)55-25-30-6-5-29(17-31(30)26-55)24-51(3)11-12-52(4)39(58)21-45(60)7-9-53(10-8-45)27-33-18-36-40(62-33)42(54-13-15-61-16-14-54)50-41(49-36)32-22-47-44(46)48-23-32/h5-6,17-20,22-23,28,56-57,60H,7-16,21,24-27H2,1-4H3,(H2,46,47,48). The van der Waals surface area contributed by atoms with E-state index >= 15 is 0 Å². The highest BCUT2D eigenvalue weighted by Crippen LogP contribution is 2.37. The van der Waals surface area contributed by atoms with Gasteiger partial charge in [0.05, 0.1) is 46.6 Å². The van der Waals surface area contributed by atoms with E-state index in [2.05, 4.69) is 48.9 Å². The topological polar surface area (TPSA) is 198 Å². The van der Waals surface area contributed by atoms with Crippen LogP contribution in [0.1, 0.15) is 76.5 Å². The number of carbonyl (C=O) groups excluding carboxylic acids is 2. The Morgan fingerprint density at radius 3 is 2.39 bits per heavy atom. The minimum absolute atomic E-state index is 0.00187. The number of phenolic OH excluding ortho intramolecular Hbond substituents is 2. The Morgan fingerprint density at radius 2 is 1.66 bits per heavy atom. The summed E-state index contributed by atoms with van der Waals surface area (Å²) in [6.07, 6.45) is 4.39. The third-order valence-electron chi connectivity index (χ3n) is 12.3. The minimum Gasteiger partial charge on any atom is -0.508 e. The second kappa shape index (κ2) is 18.1. The average molecular weight is 865 g/mol. The van der Waals surface area contributed by atoms with Gasteiger partial charge in [-0.25, -0.2) is 19.9 Å². The molecule has 0 atom stereocenters. The Morgan fingerprint density at radius 1 is 0.935 bits per heavy atom. The van der Waals surface area contributed by atoms with Crippen molar-refractivity contribution < 1.29 is 29.6 Å². The molecule has 0 radical (unpaired) electrons. The molecule has 3 aliphatic rings. The van der Waals surface area contributed by atoms with Crippen molar-refractivity contribution in [3.05, 3.63) is 81.5 Å². The second-order valence-corrected chi connectivity index (χ2v) is 18.4. The van der Waals surface area contributed by atoms with Crippen LogP contribution in [-0.2, 0) is 35.7 Å². The largest absolute Gasteiger partial charge is 0.508 e. The van der Waals surface area contributed by atoms with Crippen LogP contribution in [-0.4, -0.2) is 139 Å². The molecule has 3 aliphatic heterocycles. The van der Waals surface area contributed by atoms with Gasteiger partial charge in [0.2, 0.25) is 11.9 Å². The summed E-state index contributed by atoms with van der Waals surface area (Å²) >= 11 is 1.69. The molecule has 0 bridgehead atoms. The minimum atomic E-state index is -1.06. The number of thiophene rings is 1. The van der Waals surface area contributed by atoms with E-state index in [0.29, 0.717) is 95.4 Å². The number of likely N-dealkylation sites (N-methyl/N-ethyl adjacent to an activating group) is 2. The molecule has 62 heavy (non-hydrogen) atoms. The fraction of sp³-hybridized carbons (Fsp3) is 0.467. The molecule has 16 nitrogen and oxygen atoms in total. The summed E-state index contributed by atoms with van der Waals surface area (Å²) in [5.41, 5.74) is 10.3. The number of carbonyl (C=O) groups is 2. The first kappa shape index (κ1) is 43.2. The molecule has 17 heteroatoms. The predicted molar refractivity (Wildman–Crippen MR) is 238 cm³/mol. The first-order valence-corrected chi connectivity index (χ1v) is 22.1. The van der Waals surface area contributed by atoms with Crippen molar-refractivity contribution in [3.8, 4) is 22.9 Å². The number of aliphatic hydroxyl groups is 1. The second-order valence-electron chi connectivity index (χ2n) is 17.3. The maximum absolute atomic E-state index is 13.5. The van der Waals surface area contributed by atoms with Gasteiger partial charge in [-0.1, -0.05) is 32.0 Å². The molecule has 6 heterocycles. The third kappa shape index (κ3) is 9.61. The highest BCUT2D eigenvalue weighted by molar-refractivity contribution is 7.19. The first-order valence-electron chi connectivity index (χ1n) is 21.3. The molecule has 0 aliphatic carbocycles. The number of nitrogens with two attached hydrogens (primary N) is 1. The molecule has 2 amide bonds. The predicted octanol–water partition coefficient (Wildman–Crippen LogP) is 4.57. The van der Waals surface area contributed by atoms with Crippen molar-refractivity contribution in [3.63, 3.8) is 0 Å². The van der Waals surface area contributed by atoms with Crippen molar-refractivity contribution in [1.29, 1.82) is 0 Å². The molecule has 0 spiro atoms. The lowest BCUT2D eigenvalue weighted by molar-refractivity contribution is -0.137. The van der Waals surface area contributed by atoms with Crippen molar-refractivity contribution >= 4 is 45.1 Å². The molecule has 0 unspecified atom stereocenters. The van der Waals surface area contributed by atoms with E-state index < -0.39 is 5.60 Å². The molecular weight excluding hydrogens is 809 g/mol. The Kier molecular flexibility index (Phi) is 12.6. The zero-order valence-corrected chi connectivity index (χ0v) is 36.7. The maximum atomic E-state index is 13.5. The van der Waals surface area contributed by atoms with E-state index in [0.717, 1.165) is 50.7 Å². The SMILES string of the molecule is CC(C)c1cc(C(=O)N2Cc3ccc(CN(C)CCN(C)C(=O)CC4(O)CCN(Cc5cc6nc(-c7cnc(N)nc7)nc(N7CCOCC7)c6s5)CC4)cc3C2)c(O)cc1O. The van der Waals surface area contributed by atoms with Crippen LogP contribution in [0.2, 0.25) is 0 Å². The van der Waals surface area contributed by atoms with E-state index in [9.17, 15) is 24.9 Å². The number of hydrogen-bond donors (Lipinski definition) is 4. The van der Waals surface area contributed by atoms with E-state index in [1.54, 1.807) is 46.6 Å². The lowest BCUT2D eigenvalue weighted by atomic mass is 9.87. The molecule has 328 valence electrons. The van der Waals surface area contributed by atoms with Gasteiger partial charge in [0.25, 0.3) is 5.91 Å². The number of hydrogen-bond acceptors (Lipinski definition) is 15. The average Bonchev–Trinajstić information content (AvgIpc) is 3.87. The Bertz CT molecular complexity index is 2430. The molecule has 2 aromatic carbocycles. The zero-order chi connectivity index (χ0) is 43.7. The van der Waals surface area contributed by atoms with Crippen molar-refractivity contribution in [2.75, 3.05) is 77.2 Å². The number of aromatic nitrogens is 4. The number of amides is 2. The fourth-order valence-electron chi connectivity index (χ4n) is 8.48. The number of phenols is 2. The maximum Gasteiger partial charge on any atom is 0.258 e. The summed E-state index contributed by atoms with van der Waals surface area (Å²) in [4.78, 5) is 56.3.